The second-order valence-corrected chi connectivity index (χ2v) is 5.58. The fourth-order valence-corrected chi connectivity index (χ4v) is 2.31. The zero-order valence-corrected chi connectivity index (χ0v) is 13.0. The highest BCUT2D eigenvalue weighted by Crippen LogP contribution is 2.26. The molecule has 0 heterocycles. The summed E-state index contributed by atoms with van der Waals surface area (Å²) in [5.41, 5.74) is 9.78. The molecule has 0 radical (unpaired) electrons. The van der Waals surface area contributed by atoms with Crippen LogP contribution in [0.15, 0.2) is 36.4 Å². The van der Waals surface area contributed by atoms with Crippen LogP contribution in [0.1, 0.15) is 22.3 Å². The van der Waals surface area contributed by atoms with E-state index in [1.54, 1.807) is 0 Å². The molecule has 20 heavy (non-hydrogen) atoms. The van der Waals surface area contributed by atoms with Gasteiger partial charge in [0.15, 0.2) is 0 Å². The van der Waals surface area contributed by atoms with Crippen LogP contribution in [0.2, 0.25) is 5.02 Å². The first-order chi connectivity index (χ1) is 9.47. The van der Waals surface area contributed by atoms with Crippen molar-refractivity contribution in [2.45, 2.75) is 20.5 Å². The van der Waals surface area contributed by atoms with E-state index in [1.165, 1.54) is 0 Å². The second kappa shape index (κ2) is 6.25. The predicted molar refractivity (Wildman–Crippen MR) is 87.6 cm³/mol. The highest BCUT2D eigenvalue weighted by Gasteiger charge is 2.05. The summed E-state index contributed by atoms with van der Waals surface area (Å²) in [6.45, 7) is 4.47. The van der Waals surface area contributed by atoms with Crippen molar-refractivity contribution < 1.29 is 4.74 Å². The van der Waals surface area contributed by atoms with Gasteiger partial charge in [0.25, 0.3) is 0 Å². The Bertz CT molecular complexity index is 655. The molecule has 0 spiro atoms. The van der Waals surface area contributed by atoms with Crippen LogP contribution < -0.4 is 10.5 Å². The van der Waals surface area contributed by atoms with Gasteiger partial charge < -0.3 is 10.5 Å². The second-order valence-electron chi connectivity index (χ2n) is 4.73. The number of nitrogens with two attached hydrogens (primary N) is 1. The van der Waals surface area contributed by atoms with Crippen molar-refractivity contribution in [1.29, 1.82) is 0 Å². The molecule has 0 saturated carbocycles. The number of ether oxygens (including phenoxy) is 1. The van der Waals surface area contributed by atoms with Gasteiger partial charge in [-0.25, -0.2) is 0 Å². The highest BCUT2D eigenvalue weighted by molar-refractivity contribution is 7.80. The van der Waals surface area contributed by atoms with Crippen LogP contribution in [0, 0.1) is 13.8 Å². The predicted octanol–water partition coefficient (Wildman–Crippen LogP) is 4.17. The maximum atomic E-state index is 6.14. The molecule has 0 atom stereocenters. The number of rotatable bonds is 4. The molecule has 0 aliphatic heterocycles. The minimum Gasteiger partial charge on any atom is -0.487 e. The van der Waals surface area contributed by atoms with Crippen molar-refractivity contribution in [1.82, 2.24) is 0 Å². The van der Waals surface area contributed by atoms with Crippen LogP contribution in [0.4, 0.5) is 0 Å². The summed E-state index contributed by atoms with van der Waals surface area (Å²) in [7, 11) is 0. The lowest BCUT2D eigenvalue weighted by molar-refractivity contribution is 0.305. The Hall–Kier alpha value is -1.58. The van der Waals surface area contributed by atoms with E-state index in [-0.39, 0.29) is 0 Å². The Morgan fingerprint density at radius 2 is 1.95 bits per heavy atom. The Morgan fingerprint density at radius 1 is 1.20 bits per heavy atom. The summed E-state index contributed by atoms with van der Waals surface area (Å²) in [6, 6.07) is 11.6. The number of halogens is 1. The lowest BCUT2D eigenvalue weighted by atomic mass is 10.1. The van der Waals surface area contributed by atoms with Gasteiger partial charge in [-0.3, -0.25) is 0 Å². The Labute approximate surface area is 129 Å². The molecule has 2 N–H and O–H groups in total. The quantitative estimate of drug-likeness (QED) is 0.861. The first kappa shape index (κ1) is 14.8. The van der Waals surface area contributed by atoms with Gasteiger partial charge in [0.2, 0.25) is 0 Å². The molecular weight excluding hydrogens is 290 g/mol. The van der Waals surface area contributed by atoms with E-state index in [9.17, 15) is 0 Å². The van der Waals surface area contributed by atoms with E-state index >= 15 is 0 Å². The van der Waals surface area contributed by atoms with Crippen molar-refractivity contribution in [3.8, 4) is 5.75 Å². The van der Waals surface area contributed by atoms with Crippen molar-refractivity contribution in [2.75, 3.05) is 0 Å². The first-order valence-electron chi connectivity index (χ1n) is 6.25. The van der Waals surface area contributed by atoms with Crippen LogP contribution in [0.3, 0.4) is 0 Å². The summed E-state index contributed by atoms with van der Waals surface area (Å²) in [5.74, 6) is 0.690. The fourth-order valence-electron chi connectivity index (χ4n) is 1.89. The highest BCUT2D eigenvalue weighted by atomic mass is 35.5. The van der Waals surface area contributed by atoms with Gasteiger partial charge in [-0.1, -0.05) is 42.0 Å². The molecule has 0 aliphatic carbocycles. The Kier molecular flexibility index (Phi) is 4.63. The van der Waals surface area contributed by atoms with Crippen molar-refractivity contribution in [2.24, 2.45) is 5.73 Å². The monoisotopic (exact) mass is 305 g/mol. The van der Waals surface area contributed by atoms with E-state index in [4.69, 9.17) is 34.3 Å². The molecule has 2 aromatic rings. The summed E-state index contributed by atoms with van der Waals surface area (Å²) >= 11 is 11.1. The van der Waals surface area contributed by atoms with Gasteiger partial charge in [-0.05, 0) is 48.7 Å². The zero-order chi connectivity index (χ0) is 14.7. The van der Waals surface area contributed by atoms with Crippen LogP contribution in [-0.4, -0.2) is 4.99 Å². The first-order valence-corrected chi connectivity index (χ1v) is 7.04. The van der Waals surface area contributed by atoms with Crippen LogP contribution >= 0.6 is 23.8 Å². The molecule has 0 aromatic heterocycles. The SMILES string of the molecule is Cc1ccc(OCc2ccc(C(N)=S)cc2C)c(Cl)c1. The van der Waals surface area contributed by atoms with E-state index in [1.807, 2.05) is 50.2 Å². The summed E-state index contributed by atoms with van der Waals surface area (Å²) in [6.07, 6.45) is 0. The average molecular weight is 306 g/mol. The Balaban J connectivity index is 2.13. The van der Waals surface area contributed by atoms with Crippen LogP contribution in [-0.2, 0) is 6.61 Å². The number of hydrogen-bond donors (Lipinski definition) is 1. The maximum Gasteiger partial charge on any atom is 0.138 e. The van der Waals surface area contributed by atoms with E-state index < -0.39 is 0 Å². The van der Waals surface area contributed by atoms with Crippen molar-refractivity contribution >= 4 is 28.8 Å². The largest absolute Gasteiger partial charge is 0.487 e. The molecule has 0 aliphatic rings. The number of hydrogen-bond acceptors (Lipinski definition) is 2. The smallest absolute Gasteiger partial charge is 0.138 e. The Morgan fingerprint density at radius 3 is 2.55 bits per heavy atom. The van der Waals surface area contributed by atoms with Gasteiger partial charge in [-0.15, -0.1) is 0 Å². The van der Waals surface area contributed by atoms with Gasteiger partial charge in [-0.2, -0.15) is 0 Å². The van der Waals surface area contributed by atoms with Gasteiger partial charge in [0.05, 0.1) is 5.02 Å². The third-order valence-electron chi connectivity index (χ3n) is 3.10. The molecule has 0 fully saturated rings. The van der Waals surface area contributed by atoms with Gasteiger partial charge >= 0.3 is 0 Å². The average Bonchev–Trinajstić information content (AvgIpc) is 2.38. The molecule has 4 heteroatoms. The summed E-state index contributed by atoms with van der Waals surface area (Å²) < 4.78 is 5.76. The third-order valence-corrected chi connectivity index (χ3v) is 3.63. The van der Waals surface area contributed by atoms with Gasteiger partial charge in [0.1, 0.15) is 17.3 Å². The summed E-state index contributed by atoms with van der Waals surface area (Å²) in [4.78, 5) is 0.405. The van der Waals surface area contributed by atoms with Crippen LogP contribution in [0.25, 0.3) is 0 Å². The lowest BCUT2D eigenvalue weighted by Crippen LogP contribution is -2.10. The maximum absolute atomic E-state index is 6.14. The molecule has 0 saturated heterocycles. The summed E-state index contributed by atoms with van der Waals surface area (Å²) in [5, 5.41) is 0.627. The minimum absolute atomic E-state index is 0.405. The van der Waals surface area contributed by atoms with Crippen molar-refractivity contribution in [3.05, 3.63) is 63.7 Å². The molecule has 0 amide bonds. The molecule has 2 rings (SSSR count). The molecule has 2 nitrogen and oxygen atoms in total. The van der Waals surface area contributed by atoms with E-state index in [0.29, 0.717) is 22.4 Å². The normalized spacial score (nSPS) is 10.3. The fraction of sp³-hybridized carbons (Fsp3) is 0.188. The molecule has 0 unspecified atom stereocenters. The standard InChI is InChI=1S/C16H16ClNOS/c1-10-3-6-15(14(17)7-10)19-9-13-5-4-12(16(18)20)8-11(13)2/h3-8H,9H2,1-2H3,(H2,18,20). The molecular formula is C16H16ClNOS. The van der Waals surface area contributed by atoms with E-state index in [2.05, 4.69) is 0 Å². The minimum atomic E-state index is 0.405. The molecule has 2 aromatic carbocycles. The lowest BCUT2D eigenvalue weighted by Gasteiger charge is -2.11. The van der Waals surface area contributed by atoms with Crippen LogP contribution in [0.5, 0.6) is 5.75 Å². The van der Waals surface area contributed by atoms with Crippen molar-refractivity contribution in [3.63, 3.8) is 0 Å². The zero-order valence-electron chi connectivity index (χ0n) is 11.4. The molecule has 0 bridgehead atoms. The van der Waals surface area contributed by atoms with Gasteiger partial charge in [0, 0.05) is 5.56 Å². The third kappa shape index (κ3) is 3.50. The molecule has 104 valence electrons. The number of benzene rings is 2. The topological polar surface area (TPSA) is 35.2 Å². The number of aryl methyl sites for hydroxylation is 2. The van der Waals surface area contributed by atoms with E-state index in [0.717, 1.165) is 22.3 Å². The number of thiocarbonyl (C=S) groups is 1.